The van der Waals surface area contributed by atoms with E-state index >= 15 is 0 Å². The van der Waals surface area contributed by atoms with E-state index < -0.39 is 6.04 Å². The molecule has 0 aliphatic rings. The Morgan fingerprint density at radius 1 is 1.10 bits per heavy atom. The monoisotopic (exact) mass is 323 g/mol. The third-order valence-corrected chi connectivity index (χ3v) is 3.23. The molecule has 0 saturated carbocycles. The molecule has 0 aliphatic carbocycles. The molecular weight excluding hydrogens is 290 g/mol. The first-order valence-corrected chi connectivity index (χ1v) is 7.02. The van der Waals surface area contributed by atoms with E-state index in [-0.39, 0.29) is 56.3 Å². The first-order valence-electron chi connectivity index (χ1n) is 7.02. The largest absolute Gasteiger partial charge is 0.322 e. The van der Waals surface area contributed by atoms with Crippen molar-refractivity contribution in [2.24, 2.45) is 17.1 Å². The number of carbonyl (C=O) groups excluding carboxylic acids is 2. The van der Waals surface area contributed by atoms with Gasteiger partial charge in [-0.05, 0) is 6.42 Å². The van der Waals surface area contributed by atoms with Gasteiger partial charge in [0.15, 0.2) is 0 Å². The lowest BCUT2D eigenvalue weighted by Gasteiger charge is -2.22. The molecule has 2 N–H and O–H groups in total. The van der Waals surface area contributed by atoms with Crippen LogP contribution in [0.3, 0.4) is 0 Å². The fourth-order valence-electron chi connectivity index (χ4n) is 2.06. The molecule has 0 radical (unpaired) electrons. The number of Topliss-reactive ketones (excluding diaryl/α,β-unsaturated/α-hetero) is 2. The lowest BCUT2D eigenvalue weighted by atomic mass is 9.81. The van der Waals surface area contributed by atoms with E-state index in [0.29, 0.717) is 0 Å². The van der Waals surface area contributed by atoms with Crippen molar-refractivity contribution in [1.82, 2.24) is 0 Å². The van der Waals surface area contributed by atoms with Crippen molar-refractivity contribution in [2.45, 2.75) is 72.8 Å². The zero-order chi connectivity index (χ0) is 14.3. The molecule has 20 heavy (non-hydrogen) atoms. The quantitative estimate of drug-likeness (QED) is 0.697. The zero-order valence-electron chi connectivity index (χ0n) is 13.6. The van der Waals surface area contributed by atoms with Crippen LogP contribution in [0.5, 0.6) is 0 Å². The van der Waals surface area contributed by atoms with E-state index in [0.717, 1.165) is 25.7 Å². The van der Waals surface area contributed by atoms with Crippen molar-refractivity contribution in [3.63, 3.8) is 0 Å². The average Bonchev–Trinajstić information content (AvgIpc) is 2.26. The van der Waals surface area contributed by atoms with Crippen LogP contribution in [0.4, 0.5) is 0 Å². The molecule has 0 bridgehead atoms. The molecule has 0 aliphatic heterocycles. The number of nitrogens with two attached hydrogens (primary N) is 1. The van der Waals surface area contributed by atoms with E-state index in [1.54, 1.807) is 0 Å². The molecule has 0 fully saturated rings. The second-order valence-corrected chi connectivity index (χ2v) is 6.29. The SMILES string of the molecule is CCCCC[C@H](N)C(=O)C[C@@H](C)C(=O)C(C)(C)C.S.S. The minimum Gasteiger partial charge on any atom is -0.322 e. The molecule has 0 aromatic heterocycles. The number of carbonyl (C=O) groups is 2. The summed E-state index contributed by atoms with van der Waals surface area (Å²) in [4.78, 5) is 23.9. The van der Waals surface area contributed by atoms with Crippen molar-refractivity contribution in [2.75, 3.05) is 0 Å². The van der Waals surface area contributed by atoms with Crippen LogP contribution in [0, 0.1) is 11.3 Å². The Labute approximate surface area is 138 Å². The van der Waals surface area contributed by atoms with Gasteiger partial charge in [-0.25, -0.2) is 0 Å². The number of ketones is 2. The van der Waals surface area contributed by atoms with Gasteiger partial charge < -0.3 is 5.73 Å². The Balaban J connectivity index is -0.00000144. The summed E-state index contributed by atoms with van der Waals surface area (Å²) in [7, 11) is 0. The summed E-state index contributed by atoms with van der Waals surface area (Å²) >= 11 is 0. The summed E-state index contributed by atoms with van der Waals surface area (Å²) in [6, 6.07) is -0.397. The van der Waals surface area contributed by atoms with E-state index in [2.05, 4.69) is 6.92 Å². The fraction of sp³-hybridized carbons (Fsp3) is 0.867. The van der Waals surface area contributed by atoms with Gasteiger partial charge in [0.25, 0.3) is 0 Å². The zero-order valence-corrected chi connectivity index (χ0v) is 15.6. The van der Waals surface area contributed by atoms with Crippen LogP contribution in [0.1, 0.15) is 66.7 Å². The van der Waals surface area contributed by atoms with Crippen LogP contribution in [0.2, 0.25) is 0 Å². The van der Waals surface area contributed by atoms with Gasteiger partial charge >= 0.3 is 0 Å². The van der Waals surface area contributed by atoms with Crippen molar-refractivity contribution in [1.29, 1.82) is 0 Å². The maximum atomic E-state index is 12.0. The van der Waals surface area contributed by atoms with Crippen LogP contribution in [-0.2, 0) is 9.59 Å². The molecule has 0 aromatic rings. The number of hydrogen-bond donors (Lipinski definition) is 1. The fourth-order valence-corrected chi connectivity index (χ4v) is 2.06. The highest BCUT2D eigenvalue weighted by atomic mass is 32.1. The van der Waals surface area contributed by atoms with Crippen molar-refractivity contribution >= 4 is 38.6 Å². The van der Waals surface area contributed by atoms with E-state index in [9.17, 15) is 9.59 Å². The molecule has 0 spiro atoms. The third kappa shape index (κ3) is 9.83. The van der Waals surface area contributed by atoms with Crippen molar-refractivity contribution in [3.05, 3.63) is 0 Å². The molecule has 0 amide bonds. The predicted octanol–water partition coefficient (Wildman–Crippen LogP) is 3.33. The lowest BCUT2D eigenvalue weighted by molar-refractivity contribution is -0.133. The highest BCUT2D eigenvalue weighted by Gasteiger charge is 2.29. The Hall–Kier alpha value is 0. The maximum absolute atomic E-state index is 12.0. The van der Waals surface area contributed by atoms with Crippen LogP contribution >= 0.6 is 27.0 Å². The maximum Gasteiger partial charge on any atom is 0.150 e. The highest BCUT2D eigenvalue weighted by molar-refractivity contribution is 7.59. The topological polar surface area (TPSA) is 60.2 Å². The number of rotatable bonds is 8. The first-order chi connectivity index (χ1) is 8.20. The summed E-state index contributed by atoms with van der Waals surface area (Å²) in [5.41, 5.74) is 5.47. The Kier molecular flexibility index (Phi) is 14.5. The second kappa shape index (κ2) is 11.6. The molecular formula is C15H33NO2S2. The minimum absolute atomic E-state index is 0. The van der Waals surface area contributed by atoms with Gasteiger partial charge in [0.1, 0.15) is 11.6 Å². The summed E-state index contributed by atoms with van der Waals surface area (Å²) < 4.78 is 0. The van der Waals surface area contributed by atoms with Gasteiger partial charge in [-0.15, -0.1) is 0 Å². The molecule has 5 heteroatoms. The standard InChI is InChI=1S/C15H29NO2.2H2S/c1-6-7-8-9-12(16)13(17)10-11(2)14(18)15(3,4)5;;/h11-12H,6-10,16H2,1-5H3;2*1H2/t11-,12+;;/m1../s1. The normalized spacial score (nSPS) is 13.7. The average molecular weight is 324 g/mol. The highest BCUT2D eigenvalue weighted by Crippen LogP contribution is 2.22. The Morgan fingerprint density at radius 3 is 2.00 bits per heavy atom. The second-order valence-electron chi connectivity index (χ2n) is 6.29. The number of hydrogen-bond acceptors (Lipinski definition) is 3. The molecule has 0 aromatic carbocycles. The van der Waals surface area contributed by atoms with Crippen LogP contribution < -0.4 is 5.73 Å². The summed E-state index contributed by atoms with van der Waals surface area (Å²) in [5, 5.41) is 0. The third-order valence-electron chi connectivity index (χ3n) is 3.23. The summed E-state index contributed by atoms with van der Waals surface area (Å²) in [6.45, 7) is 9.61. The van der Waals surface area contributed by atoms with Crippen molar-refractivity contribution < 1.29 is 9.59 Å². The molecule has 0 saturated heterocycles. The molecule has 0 heterocycles. The van der Waals surface area contributed by atoms with Gasteiger partial charge in [0.05, 0.1) is 6.04 Å². The summed E-state index contributed by atoms with van der Waals surface area (Å²) in [6.07, 6.45) is 4.24. The van der Waals surface area contributed by atoms with Gasteiger partial charge in [-0.3, -0.25) is 9.59 Å². The van der Waals surface area contributed by atoms with Crippen molar-refractivity contribution in [3.8, 4) is 0 Å². The molecule has 0 rings (SSSR count). The molecule has 0 unspecified atom stereocenters. The van der Waals surface area contributed by atoms with Gasteiger partial charge in [-0.2, -0.15) is 27.0 Å². The molecule has 2 atom stereocenters. The van der Waals surface area contributed by atoms with Gasteiger partial charge in [0, 0.05) is 17.8 Å². The number of unbranched alkanes of at least 4 members (excludes halogenated alkanes) is 2. The first kappa shape index (κ1) is 25.0. The Morgan fingerprint density at radius 2 is 1.60 bits per heavy atom. The smallest absolute Gasteiger partial charge is 0.150 e. The van der Waals surface area contributed by atoms with Crippen LogP contribution in [-0.4, -0.2) is 17.6 Å². The van der Waals surface area contributed by atoms with E-state index in [4.69, 9.17) is 5.73 Å². The van der Waals surface area contributed by atoms with Gasteiger partial charge in [-0.1, -0.05) is 53.9 Å². The lowest BCUT2D eigenvalue weighted by Crippen LogP contribution is -2.35. The van der Waals surface area contributed by atoms with Crippen LogP contribution in [0.15, 0.2) is 0 Å². The summed E-state index contributed by atoms with van der Waals surface area (Å²) in [5.74, 6) is -0.0671. The van der Waals surface area contributed by atoms with Gasteiger partial charge in [0.2, 0.25) is 0 Å². The van der Waals surface area contributed by atoms with E-state index in [1.165, 1.54) is 0 Å². The Bertz CT molecular complexity index is 288. The minimum atomic E-state index is -0.397. The predicted molar refractivity (Wildman–Crippen MR) is 96.1 cm³/mol. The van der Waals surface area contributed by atoms with Crippen LogP contribution in [0.25, 0.3) is 0 Å². The van der Waals surface area contributed by atoms with E-state index in [1.807, 2.05) is 27.7 Å². The molecule has 3 nitrogen and oxygen atoms in total. The molecule has 122 valence electrons.